The zero-order chi connectivity index (χ0) is 12.3. The van der Waals surface area contributed by atoms with Gasteiger partial charge in [-0.2, -0.15) is 0 Å². The molecular weight excluding hydrogens is 266 g/mol. The molecule has 0 bridgehead atoms. The molecule has 2 nitrogen and oxygen atoms in total. The molecule has 0 unspecified atom stereocenters. The first kappa shape index (κ1) is 13.2. The fraction of sp³-hybridized carbons (Fsp3) is 0.462. The van der Waals surface area contributed by atoms with Gasteiger partial charge in [0.05, 0.1) is 0 Å². The van der Waals surface area contributed by atoms with Crippen LogP contribution in [-0.4, -0.2) is 5.71 Å². The highest BCUT2D eigenvalue weighted by Gasteiger charge is 2.27. The van der Waals surface area contributed by atoms with Crippen LogP contribution >= 0.6 is 15.9 Å². The highest BCUT2D eigenvalue weighted by Crippen LogP contribution is 2.33. The number of rotatable bonds is 1. The Bertz CT molecular complexity index is 395. The van der Waals surface area contributed by atoms with Crippen LogP contribution in [0.4, 0.5) is 0 Å². The lowest BCUT2D eigenvalue weighted by Gasteiger charge is -2.18. The molecule has 0 aromatic carbocycles. The quantitative estimate of drug-likeness (QED) is 0.647. The number of halogens is 1. The Kier molecular flexibility index (Phi) is 4.14. The van der Waals surface area contributed by atoms with Crippen LogP contribution in [0.15, 0.2) is 39.3 Å². The summed E-state index contributed by atoms with van der Waals surface area (Å²) in [5.41, 5.74) is 0.880. The van der Waals surface area contributed by atoms with E-state index in [-0.39, 0.29) is 5.41 Å². The van der Waals surface area contributed by atoms with Crippen LogP contribution in [0.5, 0.6) is 0 Å². The van der Waals surface area contributed by atoms with Crippen LogP contribution in [0.3, 0.4) is 0 Å². The second-order valence-electron chi connectivity index (χ2n) is 4.62. The standard InChI is InChI=1S/C13H18BrNO/c1-6-10-9(15-12(14)7-2)8-11(16-10)13(3,4)5/h6-8H,1-5H3/b10-6+,12-7-,15-9-. The first-order chi connectivity index (χ1) is 7.38. The van der Waals surface area contributed by atoms with Gasteiger partial charge in [-0.25, -0.2) is 4.99 Å². The summed E-state index contributed by atoms with van der Waals surface area (Å²) in [7, 11) is 0. The molecule has 0 atom stereocenters. The van der Waals surface area contributed by atoms with E-state index in [1.165, 1.54) is 0 Å². The van der Waals surface area contributed by atoms with Crippen molar-refractivity contribution in [3.05, 3.63) is 34.4 Å². The van der Waals surface area contributed by atoms with Crippen LogP contribution in [-0.2, 0) is 4.74 Å². The van der Waals surface area contributed by atoms with Crippen molar-refractivity contribution in [1.29, 1.82) is 0 Å². The summed E-state index contributed by atoms with van der Waals surface area (Å²) in [4.78, 5) is 4.44. The molecule has 0 fully saturated rings. The predicted octanol–water partition coefficient (Wildman–Crippen LogP) is 4.55. The topological polar surface area (TPSA) is 21.6 Å². The summed E-state index contributed by atoms with van der Waals surface area (Å²) in [5, 5.41) is 0. The monoisotopic (exact) mass is 283 g/mol. The maximum atomic E-state index is 5.78. The fourth-order valence-electron chi connectivity index (χ4n) is 1.24. The Hall–Kier alpha value is -0.830. The molecule has 1 aliphatic rings. The van der Waals surface area contributed by atoms with E-state index in [9.17, 15) is 0 Å². The number of nitrogens with zero attached hydrogens (tertiary/aromatic N) is 1. The third kappa shape index (κ3) is 3.08. The van der Waals surface area contributed by atoms with Crippen LogP contribution < -0.4 is 0 Å². The van der Waals surface area contributed by atoms with Crippen LogP contribution in [0.2, 0.25) is 0 Å². The van der Waals surface area contributed by atoms with Crippen molar-refractivity contribution in [1.82, 2.24) is 0 Å². The van der Waals surface area contributed by atoms with Gasteiger partial charge in [0.2, 0.25) is 0 Å². The molecule has 1 heterocycles. The number of aliphatic imine (C=N–C) groups is 1. The lowest BCUT2D eigenvalue weighted by atomic mass is 9.94. The van der Waals surface area contributed by atoms with Crippen molar-refractivity contribution in [2.24, 2.45) is 10.4 Å². The van der Waals surface area contributed by atoms with Gasteiger partial charge in [0.25, 0.3) is 0 Å². The van der Waals surface area contributed by atoms with Crippen molar-refractivity contribution in [2.75, 3.05) is 0 Å². The highest BCUT2D eigenvalue weighted by molar-refractivity contribution is 9.11. The van der Waals surface area contributed by atoms with E-state index in [0.717, 1.165) is 21.8 Å². The second kappa shape index (κ2) is 5.00. The fourth-order valence-corrected chi connectivity index (χ4v) is 1.43. The zero-order valence-electron chi connectivity index (χ0n) is 10.5. The first-order valence-electron chi connectivity index (χ1n) is 5.35. The minimum Gasteiger partial charge on any atom is -0.459 e. The van der Waals surface area contributed by atoms with Gasteiger partial charge in [0.1, 0.15) is 21.8 Å². The van der Waals surface area contributed by atoms with Gasteiger partial charge in [-0.05, 0) is 35.9 Å². The summed E-state index contributed by atoms with van der Waals surface area (Å²) in [6.45, 7) is 10.3. The van der Waals surface area contributed by atoms with E-state index < -0.39 is 0 Å². The van der Waals surface area contributed by atoms with Crippen LogP contribution in [0.1, 0.15) is 34.6 Å². The van der Waals surface area contributed by atoms with Gasteiger partial charge in [0.15, 0.2) is 0 Å². The third-order valence-corrected chi connectivity index (χ3v) is 2.84. The lowest BCUT2D eigenvalue weighted by Crippen LogP contribution is -2.08. The van der Waals surface area contributed by atoms with Gasteiger partial charge < -0.3 is 4.74 Å². The number of hydrogen-bond donors (Lipinski definition) is 0. The Morgan fingerprint density at radius 1 is 1.38 bits per heavy atom. The highest BCUT2D eigenvalue weighted by atomic mass is 79.9. The predicted molar refractivity (Wildman–Crippen MR) is 72.5 cm³/mol. The van der Waals surface area contributed by atoms with Gasteiger partial charge in [0, 0.05) is 11.5 Å². The van der Waals surface area contributed by atoms with E-state index in [4.69, 9.17) is 4.74 Å². The minimum absolute atomic E-state index is 0.00787. The summed E-state index contributed by atoms with van der Waals surface area (Å²) in [5.74, 6) is 1.78. The van der Waals surface area contributed by atoms with Gasteiger partial charge in [-0.3, -0.25) is 0 Å². The molecule has 0 N–H and O–H groups in total. The molecule has 0 saturated carbocycles. The van der Waals surface area contributed by atoms with E-state index in [1.54, 1.807) is 0 Å². The van der Waals surface area contributed by atoms with E-state index >= 15 is 0 Å². The Morgan fingerprint density at radius 3 is 2.44 bits per heavy atom. The van der Waals surface area contributed by atoms with Gasteiger partial charge >= 0.3 is 0 Å². The lowest BCUT2D eigenvalue weighted by molar-refractivity contribution is 0.242. The first-order valence-corrected chi connectivity index (χ1v) is 6.15. The molecule has 3 heteroatoms. The molecule has 0 amide bonds. The average Bonchev–Trinajstić information content (AvgIpc) is 2.60. The molecule has 0 aliphatic carbocycles. The Morgan fingerprint density at radius 2 is 2.00 bits per heavy atom. The van der Waals surface area contributed by atoms with Crippen molar-refractivity contribution in [3.8, 4) is 0 Å². The third-order valence-electron chi connectivity index (χ3n) is 2.21. The zero-order valence-corrected chi connectivity index (χ0v) is 12.1. The molecular formula is C13H18BrNO. The normalized spacial score (nSPS) is 22.6. The smallest absolute Gasteiger partial charge is 0.148 e. The average molecular weight is 284 g/mol. The maximum Gasteiger partial charge on any atom is 0.148 e. The molecule has 0 spiro atoms. The van der Waals surface area contributed by atoms with E-state index in [1.807, 2.05) is 32.1 Å². The van der Waals surface area contributed by atoms with Crippen molar-refractivity contribution in [3.63, 3.8) is 0 Å². The maximum absolute atomic E-state index is 5.78. The number of allylic oxidation sites excluding steroid dienone is 4. The molecule has 1 aliphatic heterocycles. The minimum atomic E-state index is 0.00787. The van der Waals surface area contributed by atoms with Gasteiger partial charge in [-0.1, -0.05) is 26.8 Å². The summed E-state index contributed by atoms with van der Waals surface area (Å²) in [6, 6.07) is 0. The van der Waals surface area contributed by atoms with Crippen LogP contribution in [0, 0.1) is 5.41 Å². The summed E-state index contributed by atoms with van der Waals surface area (Å²) in [6.07, 6.45) is 5.84. The molecule has 16 heavy (non-hydrogen) atoms. The van der Waals surface area contributed by atoms with Crippen molar-refractivity contribution < 1.29 is 4.74 Å². The van der Waals surface area contributed by atoms with E-state index in [2.05, 4.69) is 41.7 Å². The van der Waals surface area contributed by atoms with Crippen molar-refractivity contribution >= 4 is 21.6 Å². The summed E-state index contributed by atoms with van der Waals surface area (Å²) < 4.78 is 6.59. The second-order valence-corrected chi connectivity index (χ2v) is 5.43. The number of hydrogen-bond acceptors (Lipinski definition) is 2. The summed E-state index contributed by atoms with van der Waals surface area (Å²) >= 11 is 3.38. The van der Waals surface area contributed by atoms with Gasteiger partial charge in [-0.15, -0.1) is 0 Å². The molecule has 0 aromatic rings. The molecule has 0 radical (unpaired) electrons. The SMILES string of the molecule is C\C=C(Br)/N=C1/C=C(C(C)(C)C)O/C1=C/C. The Balaban J connectivity index is 3.10. The van der Waals surface area contributed by atoms with Crippen LogP contribution in [0.25, 0.3) is 0 Å². The molecule has 88 valence electrons. The van der Waals surface area contributed by atoms with Crippen molar-refractivity contribution in [2.45, 2.75) is 34.6 Å². The number of ether oxygens (including phenoxy) is 1. The van der Waals surface area contributed by atoms with E-state index in [0.29, 0.717) is 0 Å². The molecule has 0 aromatic heterocycles. The molecule has 0 saturated heterocycles. The molecule has 1 rings (SSSR count). The Labute approximate surface area is 106 Å². The largest absolute Gasteiger partial charge is 0.459 e.